The highest BCUT2D eigenvalue weighted by atomic mass is 19.4. The van der Waals surface area contributed by atoms with E-state index in [1.165, 1.54) is 19.2 Å². The number of alkyl halides is 3. The molecule has 2 rings (SSSR count). The van der Waals surface area contributed by atoms with Crippen LogP contribution in [0.3, 0.4) is 0 Å². The van der Waals surface area contributed by atoms with Gasteiger partial charge in [0.15, 0.2) is 0 Å². The molecule has 7 heteroatoms. The summed E-state index contributed by atoms with van der Waals surface area (Å²) in [6.07, 6.45) is -5.34. The van der Waals surface area contributed by atoms with Gasteiger partial charge in [0.25, 0.3) is 0 Å². The van der Waals surface area contributed by atoms with Crippen LogP contribution in [0, 0.1) is 0 Å². The fraction of sp³-hybridized carbons (Fsp3) is 0.417. The monoisotopic (exact) mass is 276 g/mol. The van der Waals surface area contributed by atoms with E-state index < -0.39 is 24.9 Å². The Kier molecular flexibility index (Phi) is 3.66. The predicted molar refractivity (Wildman–Crippen MR) is 58.0 cm³/mol. The molecule has 1 heterocycles. The number of hydrogen-bond acceptors (Lipinski definition) is 4. The summed E-state index contributed by atoms with van der Waals surface area (Å²) >= 11 is 0. The van der Waals surface area contributed by atoms with E-state index in [0.29, 0.717) is 11.3 Å². The van der Waals surface area contributed by atoms with Gasteiger partial charge in [-0.2, -0.15) is 13.2 Å². The Bertz CT molecular complexity index is 484. The van der Waals surface area contributed by atoms with E-state index in [1.54, 1.807) is 6.07 Å². The van der Waals surface area contributed by atoms with E-state index in [-0.39, 0.29) is 12.2 Å². The van der Waals surface area contributed by atoms with Crippen LogP contribution >= 0.6 is 0 Å². The molecule has 0 aromatic heterocycles. The van der Waals surface area contributed by atoms with Crippen LogP contribution < -0.4 is 4.74 Å². The number of carbonyl (C=O) groups excluding carboxylic acids is 1. The number of rotatable bonds is 3. The minimum atomic E-state index is -4.42. The molecule has 0 aliphatic carbocycles. The fourth-order valence-electron chi connectivity index (χ4n) is 1.77. The lowest BCUT2D eigenvalue weighted by molar-refractivity contribution is -0.190. The molecule has 0 saturated carbocycles. The summed E-state index contributed by atoms with van der Waals surface area (Å²) in [4.78, 5) is 11.5. The third-order valence-electron chi connectivity index (χ3n) is 2.64. The molecule has 1 aromatic rings. The number of cyclic esters (lactones) is 1. The van der Waals surface area contributed by atoms with Gasteiger partial charge in [0.1, 0.15) is 25.1 Å². The minimum absolute atomic E-state index is 0.165. The maximum Gasteiger partial charge on any atom is 0.411 e. The first-order valence-corrected chi connectivity index (χ1v) is 5.44. The molecular weight excluding hydrogens is 265 g/mol. The van der Waals surface area contributed by atoms with E-state index in [9.17, 15) is 18.0 Å². The minimum Gasteiger partial charge on any atom is -0.497 e. The smallest absolute Gasteiger partial charge is 0.411 e. The number of fused-ring (bicyclic) bond motifs is 1. The first-order chi connectivity index (χ1) is 8.90. The van der Waals surface area contributed by atoms with Crippen molar-refractivity contribution in [1.29, 1.82) is 0 Å². The molecular formula is C12H11F3O4. The summed E-state index contributed by atoms with van der Waals surface area (Å²) in [5.74, 6) is -0.173. The van der Waals surface area contributed by atoms with Crippen molar-refractivity contribution in [2.24, 2.45) is 0 Å². The van der Waals surface area contributed by atoms with Gasteiger partial charge < -0.3 is 14.2 Å². The van der Waals surface area contributed by atoms with Crippen LogP contribution in [0.5, 0.6) is 5.75 Å². The molecule has 0 bridgehead atoms. The molecule has 1 aromatic carbocycles. The van der Waals surface area contributed by atoms with Crippen molar-refractivity contribution >= 4 is 5.97 Å². The van der Waals surface area contributed by atoms with E-state index in [2.05, 4.69) is 0 Å². The van der Waals surface area contributed by atoms with Gasteiger partial charge in [0.2, 0.25) is 0 Å². The van der Waals surface area contributed by atoms with Crippen LogP contribution in [-0.4, -0.2) is 32.5 Å². The predicted octanol–water partition coefficient (Wildman–Crippen LogP) is 2.49. The molecule has 1 atom stereocenters. The molecule has 0 radical (unpaired) electrons. The molecule has 1 unspecified atom stereocenters. The molecule has 4 nitrogen and oxygen atoms in total. The molecule has 104 valence electrons. The average Bonchev–Trinajstić information content (AvgIpc) is 2.36. The van der Waals surface area contributed by atoms with Crippen LogP contribution in [0.2, 0.25) is 0 Å². The number of esters is 1. The standard InChI is InChI=1S/C12H11F3O4/c1-17-7-2-3-8-9(4-7)11(16)18-5-10(8)19-6-12(13,14)15/h2-4,10H,5-6H2,1H3. The zero-order valence-corrected chi connectivity index (χ0v) is 9.99. The van der Waals surface area contributed by atoms with Gasteiger partial charge in [-0.25, -0.2) is 4.79 Å². The first kappa shape index (κ1) is 13.7. The van der Waals surface area contributed by atoms with Crippen molar-refractivity contribution in [3.63, 3.8) is 0 Å². The van der Waals surface area contributed by atoms with Gasteiger partial charge in [-0.3, -0.25) is 0 Å². The van der Waals surface area contributed by atoms with Crippen LogP contribution in [0.25, 0.3) is 0 Å². The van der Waals surface area contributed by atoms with Crippen molar-refractivity contribution in [3.8, 4) is 5.75 Å². The topological polar surface area (TPSA) is 44.8 Å². The van der Waals surface area contributed by atoms with Gasteiger partial charge in [-0.15, -0.1) is 0 Å². The lowest BCUT2D eigenvalue weighted by atomic mass is 10.00. The highest BCUT2D eigenvalue weighted by molar-refractivity contribution is 5.92. The van der Waals surface area contributed by atoms with Gasteiger partial charge in [-0.1, -0.05) is 6.07 Å². The van der Waals surface area contributed by atoms with Crippen LogP contribution in [0.4, 0.5) is 13.2 Å². The molecule has 0 N–H and O–H groups in total. The van der Waals surface area contributed by atoms with Crippen molar-refractivity contribution < 1.29 is 32.2 Å². The lowest BCUT2D eigenvalue weighted by Gasteiger charge is -2.25. The summed E-state index contributed by atoms with van der Waals surface area (Å²) in [5, 5.41) is 0. The molecule has 0 saturated heterocycles. The summed E-state index contributed by atoms with van der Waals surface area (Å²) in [7, 11) is 1.42. The quantitative estimate of drug-likeness (QED) is 0.796. The Morgan fingerprint density at radius 1 is 1.42 bits per heavy atom. The summed E-state index contributed by atoms with van der Waals surface area (Å²) in [6.45, 7) is -1.62. The molecule has 19 heavy (non-hydrogen) atoms. The second-order valence-corrected chi connectivity index (χ2v) is 3.97. The van der Waals surface area contributed by atoms with E-state index >= 15 is 0 Å². The van der Waals surface area contributed by atoms with Gasteiger partial charge in [-0.05, 0) is 17.7 Å². The number of benzene rings is 1. The third-order valence-corrected chi connectivity index (χ3v) is 2.64. The van der Waals surface area contributed by atoms with Crippen LogP contribution in [-0.2, 0) is 9.47 Å². The SMILES string of the molecule is COc1ccc2c(c1)C(=O)OCC2OCC(F)(F)F. The zero-order valence-electron chi connectivity index (χ0n) is 9.99. The second kappa shape index (κ2) is 5.08. The van der Waals surface area contributed by atoms with Crippen molar-refractivity contribution in [3.05, 3.63) is 29.3 Å². The molecule has 1 aliphatic rings. The van der Waals surface area contributed by atoms with Crippen molar-refractivity contribution in [2.75, 3.05) is 20.3 Å². The summed E-state index contributed by atoms with van der Waals surface area (Å²) in [5.41, 5.74) is 0.541. The van der Waals surface area contributed by atoms with Gasteiger partial charge in [0.05, 0.1) is 12.7 Å². The Hall–Kier alpha value is -1.76. The number of methoxy groups -OCH3 is 1. The van der Waals surface area contributed by atoms with Gasteiger partial charge >= 0.3 is 12.1 Å². The Labute approximate surface area is 107 Å². The average molecular weight is 276 g/mol. The molecule has 0 amide bonds. The summed E-state index contributed by atoms with van der Waals surface area (Å²) in [6, 6.07) is 4.48. The zero-order chi connectivity index (χ0) is 14.0. The Balaban J connectivity index is 2.22. The van der Waals surface area contributed by atoms with Crippen molar-refractivity contribution in [2.45, 2.75) is 12.3 Å². The van der Waals surface area contributed by atoms with E-state index in [4.69, 9.17) is 14.2 Å². The van der Waals surface area contributed by atoms with E-state index in [1.807, 2.05) is 0 Å². The van der Waals surface area contributed by atoms with E-state index in [0.717, 1.165) is 0 Å². The largest absolute Gasteiger partial charge is 0.497 e. The number of halogens is 3. The van der Waals surface area contributed by atoms with Crippen LogP contribution in [0.15, 0.2) is 18.2 Å². The normalized spacial score (nSPS) is 18.7. The Morgan fingerprint density at radius 3 is 2.79 bits per heavy atom. The maximum atomic E-state index is 12.1. The molecule has 1 aliphatic heterocycles. The third kappa shape index (κ3) is 3.17. The fourth-order valence-corrected chi connectivity index (χ4v) is 1.77. The number of hydrogen-bond donors (Lipinski definition) is 0. The summed E-state index contributed by atoms with van der Waals surface area (Å²) < 4.78 is 50.9. The van der Waals surface area contributed by atoms with Gasteiger partial charge in [0, 0.05) is 0 Å². The lowest BCUT2D eigenvalue weighted by Crippen LogP contribution is -2.27. The number of ether oxygens (including phenoxy) is 3. The number of carbonyl (C=O) groups is 1. The second-order valence-electron chi connectivity index (χ2n) is 3.97. The molecule has 0 fully saturated rings. The highest BCUT2D eigenvalue weighted by Gasteiger charge is 2.33. The van der Waals surface area contributed by atoms with Crippen LogP contribution in [0.1, 0.15) is 22.0 Å². The Morgan fingerprint density at radius 2 is 2.16 bits per heavy atom. The maximum absolute atomic E-state index is 12.1. The molecule has 0 spiro atoms. The first-order valence-electron chi connectivity index (χ1n) is 5.44. The van der Waals surface area contributed by atoms with Crippen molar-refractivity contribution in [1.82, 2.24) is 0 Å². The highest BCUT2D eigenvalue weighted by Crippen LogP contribution is 2.31.